The van der Waals surface area contributed by atoms with E-state index in [1.165, 1.54) is 14.2 Å². The van der Waals surface area contributed by atoms with Crippen molar-refractivity contribution >= 4 is 23.4 Å². The van der Waals surface area contributed by atoms with Crippen LogP contribution in [0, 0.1) is 6.92 Å². The van der Waals surface area contributed by atoms with Crippen molar-refractivity contribution < 1.29 is 14.3 Å². The predicted molar refractivity (Wildman–Crippen MR) is 90.9 cm³/mol. The van der Waals surface area contributed by atoms with E-state index >= 15 is 0 Å². The Labute approximate surface area is 143 Å². The SMILES string of the molecule is COc1ccc(NC(=O)C(C)Sc2nnc(C)c(=O)[nH]2)cc1OC. The molecule has 9 heteroatoms. The monoisotopic (exact) mass is 350 g/mol. The molecule has 0 fully saturated rings. The van der Waals surface area contributed by atoms with Crippen LogP contribution in [0.15, 0.2) is 28.2 Å². The molecule has 0 spiro atoms. The summed E-state index contributed by atoms with van der Waals surface area (Å²) in [6.45, 7) is 3.27. The predicted octanol–water partition coefficient (Wildman–Crippen LogP) is 1.61. The summed E-state index contributed by atoms with van der Waals surface area (Å²) < 4.78 is 10.4. The summed E-state index contributed by atoms with van der Waals surface area (Å²) in [6.07, 6.45) is 0. The van der Waals surface area contributed by atoms with Gasteiger partial charge in [0.25, 0.3) is 5.56 Å². The lowest BCUT2D eigenvalue weighted by molar-refractivity contribution is -0.115. The van der Waals surface area contributed by atoms with Crippen molar-refractivity contribution in [2.45, 2.75) is 24.3 Å². The molecule has 0 aliphatic heterocycles. The molecule has 2 aromatic rings. The number of benzene rings is 1. The van der Waals surface area contributed by atoms with Gasteiger partial charge in [-0.25, -0.2) is 0 Å². The first-order chi connectivity index (χ1) is 11.4. The topological polar surface area (TPSA) is 106 Å². The van der Waals surface area contributed by atoms with E-state index in [4.69, 9.17) is 9.47 Å². The van der Waals surface area contributed by atoms with Gasteiger partial charge in [0.05, 0.1) is 19.5 Å². The smallest absolute Gasteiger partial charge is 0.273 e. The fourth-order valence-electron chi connectivity index (χ4n) is 1.81. The van der Waals surface area contributed by atoms with Crippen molar-refractivity contribution in [2.75, 3.05) is 19.5 Å². The van der Waals surface area contributed by atoms with Gasteiger partial charge in [-0.15, -0.1) is 10.2 Å². The van der Waals surface area contributed by atoms with Gasteiger partial charge >= 0.3 is 0 Å². The summed E-state index contributed by atoms with van der Waals surface area (Å²) in [7, 11) is 3.06. The second-order valence-corrected chi connectivity index (χ2v) is 6.19. The van der Waals surface area contributed by atoms with Gasteiger partial charge in [0.15, 0.2) is 16.7 Å². The molecule has 1 aromatic carbocycles. The number of hydrogen-bond donors (Lipinski definition) is 2. The fourth-order valence-corrected chi connectivity index (χ4v) is 2.55. The zero-order chi connectivity index (χ0) is 17.7. The van der Waals surface area contributed by atoms with Crippen molar-refractivity contribution in [1.82, 2.24) is 15.2 Å². The number of nitrogens with one attached hydrogen (secondary N) is 2. The number of anilines is 1. The second-order valence-electron chi connectivity index (χ2n) is 4.86. The first-order valence-corrected chi connectivity index (χ1v) is 7.95. The van der Waals surface area contributed by atoms with Crippen LogP contribution in [0.25, 0.3) is 0 Å². The average molecular weight is 350 g/mol. The molecule has 1 amide bonds. The summed E-state index contributed by atoms with van der Waals surface area (Å²) in [4.78, 5) is 26.4. The number of carbonyl (C=O) groups is 1. The fraction of sp³-hybridized carbons (Fsp3) is 0.333. The van der Waals surface area contributed by atoms with Crippen molar-refractivity contribution in [3.63, 3.8) is 0 Å². The van der Waals surface area contributed by atoms with Crippen molar-refractivity contribution in [1.29, 1.82) is 0 Å². The number of methoxy groups -OCH3 is 2. The highest BCUT2D eigenvalue weighted by Crippen LogP contribution is 2.30. The van der Waals surface area contributed by atoms with E-state index in [0.29, 0.717) is 22.3 Å². The first-order valence-electron chi connectivity index (χ1n) is 7.07. The molecule has 128 valence electrons. The number of ether oxygens (including phenoxy) is 2. The molecule has 1 unspecified atom stereocenters. The van der Waals surface area contributed by atoms with Crippen LogP contribution in [0.1, 0.15) is 12.6 Å². The third kappa shape index (κ3) is 4.25. The van der Waals surface area contributed by atoms with E-state index in [-0.39, 0.29) is 17.2 Å². The summed E-state index contributed by atoms with van der Waals surface area (Å²) in [5.74, 6) is 0.852. The van der Waals surface area contributed by atoms with Crippen molar-refractivity contribution in [3.05, 3.63) is 34.2 Å². The van der Waals surface area contributed by atoms with Gasteiger partial charge in [-0.3, -0.25) is 14.6 Å². The van der Waals surface area contributed by atoms with Gasteiger partial charge in [-0.2, -0.15) is 0 Å². The molecule has 8 nitrogen and oxygen atoms in total. The second kappa shape index (κ2) is 7.82. The van der Waals surface area contributed by atoms with Crippen LogP contribution >= 0.6 is 11.8 Å². The minimum atomic E-state index is -0.481. The number of aromatic amines is 1. The number of nitrogens with zero attached hydrogens (tertiary/aromatic N) is 2. The molecular formula is C15H18N4O4S. The molecule has 2 N–H and O–H groups in total. The standard InChI is InChI=1S/C15H18N4O4S/c1-8-13(20)17-15(19-18-8)24-9(2)14(21)16-10-5-6-11(22-3)12(7-10)23-4/h5-7,9H,1-4H3,(H,16,21)(H,17,19,20). The maximum atomic E-state index is 12.3. The number of aromatic nitrogens is 3. The lowest BCUT2D eigenvalue weighted by atomic mass is 10.2. The minimum Gasteiger partial charge on any atom is -0.493 e. The van der Waals surface area contributed by atoms with Gasteiger partial charge in [0, 0.05) is 11.8 Å². The lowest BCUT2D eigenvalue weighted by Gasteiger charge is -2.13. The van der Waals surface area contributed by atoms with Crippen molar-refractivity contribution in [2.24, 2.45) is 0 Å². The molecule has 1 atom stereocenters. The van der Waals surface area contributed by atoms with Gasteiger partial charge < -0.3 is 14.8 Å². The quantitative estimate of drug-likeness (QED) is 0.762. The van der Waals surface area contributed by atoms with Crippen LogP contribution in [0.4, 0.5) is 5.69 Å². The molecule has 0 bridgehead atoms. The van der Waals surface area contributed by atoms with Gasteiger partial charge in [0.1, 0.15) is 5.69 Å². The lowest BCUT2D eigenvalue weighted by Crippen LogP contribution is -2.23. The van der Waals surface area contributed by atoms with Crippen LogP contribution in [0.5, 0.6) is 11.5 Å². The highest BCUT2D eigenvalue weighted by atomic mass is 32.2. The molecule has 1 aromatic heterocycles. The minimum absolute atomic E-state index is 0.240. The molecule has 0 aliphatic rings. The van der Waals surface area contributed by atoms with Crippen molar-refractivity contribution in [3.8, 4) is 11.5 Å². The summed E-state index contributed by atoms with van der Waals surface area (Å²) in [6, 6.07) is 5.08. The molecular weight excluding hydrogens is 332 g/mol. The number of H-pyrrole nitrogens is 1. The Balaban J connectivity index is 2.05. The molecule has 24 heavy (non-hydrogen) atoms. The van der Waals surface area contributed by atoms with E-state index < -0.39 is 5.25 Å². The average Bonchev–Trinajstić information content (AvgIpc) is 2.57. The van der Waals surface area contributed by atoms with Gasteiger partial charge in [0.2, 0.25) is 5.91 Å². The maximum Gasteiger partial charge on any atom is 0.273 e. The normalized spacial score (nSPS) is 11.7. The summed E-state index contributed by atoms with van der Waals surface area (Å²) in [5, 5.41) is 10.2. The van der Waals surface area contributed by atoms with E-state index in [1.54, 1.807) is 32.0 Å². The number of thioether (sulfide) groups is 1. The molecule has 2 rings (SSSR count). The first kappa shape index (κ1) is 17.8. The van der Waals surface area contributed by atoms with E-state index in [1.807, 2.05) is 0 Å². The van der Waals surface area contributed by atoms with Crippen LogP contribution < -0.4 is 20.3 Å². The Hall–Kier alpha value is -2.55. The zero-order valence-corrected chi connectivity index (χ0v) is 14.6. The van der Waals surface area contributed by atoms with E-state index in [0.717, 1.165) is 11.8 Å². The highest BCUT2D eigenvalue weighted by Gasteiger charge is 2.17. The van der Waals surface area contributed by atoms with Gasteiger partial charge in [-0.1, -0.05) is 11.8 Å². The third-order valence-electron chi connectivity index (χ3n) is 3.15. The van der Waals surface area contributed by atoms with Crippen LogP contribution in [-0.2, 0) is 4.79 Å². The van der Waals surface area contributed by atoms with E-state index in [2.05, 4.69) is 20.5 Å². The largest absolute Gasteiger partial charge is 0.493 e. The summed E-state index contributed by atoms with van der Waals surface area (Å²) in [5.41, 5.74) is 0.537. The maximum absolute atomic E-state index is 12.3. The Kier molecular flexibility index (Phi) is 5.80. The Morgan fingerprint density at radius 2 is 1.96 bits per heavy atom. The highest BCUT2D eigenvalue weighted by molar-refractivity contribution is 8.00. The van der Waals surface area contributed by atoms with Gasteiger partial charge in [-0.05, 0) is 26.0 Å². The Morgan fingerprint density at radius 3 is 2.58 bits per heavy atom. The Bertz CT molecular complexity index is 793. The molecule has 0 saturated heterocycles. The molecule has 0 saturated carbocycles. The number of carbonyl (C=O) groups excluding carboxylic acids is 1. The third-order valence-corrected chi connectivity index (χ3v) is 4.12. The number of aryl methyl sites for hydroxylation is 1. The Morgan fingerprint density at radius 1 is 1.25 bits per heavy atom. The van der Waals surface area contributed by atoms with Crippen LogP contribution in [0.3, 0.4) is 0 Å². The number of hydrogen-bond acceptors (Lipinski definition) is 7. The number of rotatable bonds is 6. The molecule has 1 heterocycles. The molecule has 0 radical (unpaired) electrons. The van der Waals surface area contributed by atoms with Crippen LogP contribution in [-0.4, -0.2) is 40.6 Å². The molecule has 0 aliphatic carbocycles. The zero-order valence-electron chi connectivity index (χ0n) is 13.7. The number of amides is 1. The van der Waals surface area contributed by atoms with E-state index in [9.17, 15) is 9.59 Å². The van der Waals surface area contributed by atoms with Crippen LogP contribution in [0.2, 0.25) is 0 Å². The summed E-state index contributed by atoms with van der Waals surface area (Å²) >= 11 is 1.11.